The Morgan fingerprint density at radius 1 is 1.03 bits per heavy atom. The average Bonchev–Trinajstić information content (AvgIpc) is 2.74. The topological polar surface area (TPSA) is 76.5 Å². The predicted molar refractivity (Wildman–Crippen MR) is 115 cm³/mol. The van der Waals surface area contributed by atoms with Crippen molar-refractivity contribution in [2.24, 2.45) is 0 Å². The van der Waals surface area contributed by atoms with Gasteiger partial charge in [-0.15, -0.1) is 0 Å². The van der Waals surface area contributed by atoms with Gasteiger partial charge in [-0.05, 0) is 47.1 Å². The van der Waals surface area contributed by atoms with E-state index in [0.29, 0.717) is 17.1 Å². The molecule has 0 amide bonds. The molecule has 0 radical (unpaired) electrons. The van der Waals surface area contributed by atoms with E-state index in [4.69, 9.17) is 11.6 Å². The quantitative estimate of drug-likeness (QED) is 0.359. The highest BCUT2D eigenvalue weighted by atomic mass is 79.9. The first-order valence-corrected chi connectivity index (χ1v) is 10.1. The Morgan fingerprint density at radius 3 is 2.52 bits per heavy atom. The summed E-state index contributed by atoms with van der Waals surface area (Å²) in [5.41, 5.74) is 1.04. The van der Waals surface area contributed by atoms with Crippen molar-refractivity contribution in [3.63, 3.8) is 0 Å². The number of benzene rings is 1. The lowest BCUT2D eigenvalue weighted by Crippen LogP contribution is -2.13. The number of pyridine rings is 1. The van der Waals surface area contributed by atoms with E-state index >= 15 is 0 Å². The Bertz CT molecular complexity index is 1250. The van der Waals surface area contributed by atoms with Gasteiger partial charge in [0.25, 0.3) is 0 Å². The molecule has 3 aromatic heterocycles. The molecular formula is C20H13BrClF3N6. The van der Waals surface area contributed by atoms with Crippen LogP contribution >= 0.6 is 27.5 Å². The molecule has 31 heavy (non-hydrogen) atoms. The Hall–Kier alpha value is -2.85. The van der Waals surface area contributed by atoms with Crippen molar-refractivity contribution in [3.8, 4) is 11.4 Å². The number of fused-ring (bicyclic) bond motifs is 1. The fourth-order valence-corrected chi connectivity index (χ4v) is 3.56. The van der Waals surface area contributed by atoms with Crippen LogP contribution in [0, 0.1) is 0 Å². The molecule has 11 heteroatoms. The summed E-state index contributed by atoms with van der Waals surface area (Å²) >= 11 is 9.40. The van der Waals surface area contributed by atoms with Crippen LogP contribution in [0.3, 0.4) is 0 Å². The minimum Gasteiger partial charge on any atom is -0.361 e. The molecule has 0 aliphatic rings. The van der Waals surface area contributed by atoms with Crippen molar-refractivity contribution >= 4 is 44.3 Å². The first-order chi connectivity index (χ1) is 14.7. The van der Waals surface area contributed by atoms with E-state index in [9.17, 15) is 13.2 Å². The summed E-state index contributed by atoms with van der Waals surface area (Å²) in [6.07, 6.45) is 1.41. The standard InChI is InChI=1S/C20H13BrClF3N6/c1-10(16-18(27-5-4-26-16)15-3-2-12(21)8-28-15)31-19-13-6-11(20(23,24)25)7-14(22)17(13)29-9-30-19/h2-10H,1H3,(H,29,30,31). The maximum Gasteiger partial charge on any atom is 0.416 e. The third kappa shape index (κ3) is 4.45. The highest BCUT2D eigenvalue weighted by molar-refractivity contribution is 9.10. The number of rotatable bonds is 4. The lowest BCUT2D eigenvalue weighted by atomic mass is 10.1. The zero-order valence-corrected chi connectivity index (χ0v) is 18.2. The Balaban J connectivity index is 1.75. The number of alkyl halides is 3. The first kappa shape index (κ1) is 21.4. The summed E-state index contributed by atoms with van der Waals surface area (Å²) in [4.78, 5) is 21.3. The minimum absolute atomic E-state index is 0.109. The molecule has 6 nitrogen and oxygen atoms in total. The molecule has 0 bridgehead atoms. The van der Waals surface area contributed by atoms with Gasteiger partial charge < -0.3 is 5.32 Å². The number of halogens is 5. The lowest BCUT2D eigenvalue weighted by Gasteiger charge is -2.18. The van der Waals surface area contributed by atoms with Gasteiger partial charge in [0.1, 0.15) is 17.8 Å². The molecule has 0 aliphatic heterocycles. The highest BCUT2D eigenvalue weighted by Crippen LogP contribution is 2.37. The molecule has 4 rings (SSSR count). The zero-order valence-electron chi connectivity index (χ0n) is 15.8. The normalized spacial score (nSPS) is 12.7. The number of aromatic nitrogens is 5. The summed E-state index contributed by atoms with van der Waals surface area (Å²) in [5, 5.41) is 3.16. The van der Waals surface area contributed by atoms with Crippen molar-refractivity contribution in [2.45, 2.75) is 19.1 Å². The summed E-state index contributed by atoms with van der Waals surface area (Å²) in [6, 6.07) is 4.99. The number of nitrogens with one attached hydrogen (secondary N) is 1. The van der Waals surface area contributed by atoms with E-state index in [1.54, 1.807) is 25.4 Å². The van der Waals surface area contributed by atoms with Crippen molar-refractivity contribution in [1.29, 1.82) is 0 Å². The highest BCUT2D eigenvalue weighted by Gasteiger charge is 2.32. The predicted octanol–water partition coefficient (Wildman–Crippen LogP) is 6.09. The third-order valence-electron chi connectivity index (χ3n) is 4.48. The number of anilines is 1. The van der Waals surface area contributed by atoms with Gasteiger partial charge in [-0.25, -0.2) is 9.97 Å². The average molecular weight is 510 g/mol. The van der Waals surface area contributed by atoms with Crippen molar-refractivity contribution in [2.75, 3.05) is 5.32 Å². The largest absolute Gasteiger partial charge is 0.416 e. The molecule has 0 spiro atoms. The minimum atomic E-state index is -4.55. The van der Waals surface area contributed by atoms with E-state index in [0.717, 1.165) is 16.6 Å². The van der Waals surface area contributed by atoms with Crippen LogP contribution in [-0.2, 0) is 6.18 Å². The fraction of sp³-hybridized carbons (Fsp3) is 0.150. The summed E-state index contributed by atoms with van der Waals surface area (Å²) in [7, 11) is 0. The Labute approximate surface area is 188 Å². The maximum atomic E-state index is 13.3. The van der Waals surface area contributed by atoms with Crippen LogP contribution in [0.1, 0.15) is 24.2 Å². The van der Waals surface area contributed by atoms with E-state index in [-0.39, 0.29) is 21.7 Å². The summed E-state index contributed by atoms with van der Waals surface area (Å²) in [5.74, 6) is 0.200. The number of nitrogens with zero attached hydrogens (tertiary/aromatic N) is 5. The lowest BCUT2D eigenvalue weighted by molar-refractivity contribution is -0.137. The zero-order chi connectivity index (χ0) is 22.2. The molecule has 3 heterocycles. The second-order valence-corrected chi connectivity index (χ2v) is 7.92. The molecule has 1 aromatic carbocycles. The van der Waals surface area contributed by atoms with Crippen LogP contribution < -0.4 is 5.32 Å². The molecule has 1 atom stereocenters. The van der Waals surface area contributed by atoms with Crippen LogP contribution in [0.15, 0.2) is 53.7 Å². The van der Waals surface area contributed by atoms with Gasteiger partial charge in [-0.3, -0.25) is 15.0 Å². The molecule has 1 unspecified atom stereocenters. The first-order valence-electron chi connectivity index (χ1n) is 8.95. The second-order valence-electron chi connectivity index (χ2n) is 6.59. The van der Waals surface area contributed by atoms with Crippen LogP contribution in [0.25, 0.3) is 22.3 Å². The van der Waals surface area contributed by atoms with Gasteiger partial charge in [0.2, 0.25) is 0 Å². The van der Waals surface area contributed by atoms with Crippen molar-refractivity contribution in [3.05, 3.63) is 69.9 Å². The second kappa shape index (κ2) is 8.35. The van der Waals surface area contributed by atoms with Crippen LogP contribution in [0.2, 0.25) is 5.02 Å². The molecule has 0 saturated heterocycles. The third-order valence-corrected chi connectivity index (χ3v) is 5.24. The smallest absolute Gasteiger partial charge is 0.361 e. The van der Waals surface area contributed by atoms with Crippen LogP contribution in [-0.4, -0.2) is 24.9 Å². The Morgan fingerprint density at radius 2 is 1.81 bits per heavy atom. The molecule has 0 saturated carbocycles. The molecule has 158 valence electrons. The van der Waals surface area contributed by atoms with Gasteiger partial charge in [0.05, 0.1) is 33.5 Å². The van der Waals surface area contributed by atoms with Crippen molar-refractivity contribution in [1.82, 2.24) is 24.9 Å². The molecule has 4 aromatic rings. The number of hydrogen-bond acceptors (Lipinski definition) is 6. The van der Waals surface area contributed by atoms with E-state index < -0.39 is 17.8 Å². The van der Waals surface area contributed by atoms with E-state index in [1.807, 2.05) is 6.07 Å². The maximum absolute atomic E-state index is 13.3. The monoisotopic (exact) mass is 508 g/mol. The number of hydrogen-bond donors (Lipinski definition) is 1. The van der Waals surface area contributed by atoms with E-state index in [2.05, 4.69) is 46.2 Å². The molecule has 0 fully saturated rings. The van der Waals surface area contributed by atoms with Crippen LogP contribution in [0.4, 0.5) is 19.0 Å². The molecule has 0 aliphatic carbocycles. The van der Waals surface area contributed by atoms with Gasteiger partial charge in [-0.1, -0.05) is 11.6 Å². The molecular weight excluding hydrogens is 497 g/mol. The summed E-state index contributed by atoms with van der Waals surface area (Å²) in [6.45, 7) is 1.80. The van der Waals surface area contributed by atoms with Gasteiger partial charge in [0.15, 0.2) is 0 Å². The van der Waals surface area contributed by atoms with Crippen LogP contribution in [0.5, 0.6) is 0 Å². The van der Waals surface area contributed by atoms with Gasteiger partial charge >= 0.3 is 6.18 Å². The van der Waals surface area contributed by atoms with E-state index in [1.165, 1.54) is 12.5 Å². The van der Waals surface area contributed by atoms with Gasteiger partial charge in [0, 0.05) is 28.4 Å². The molecule has 1 N–H and O–H groups in total. The SMILES string of the molecule is CC(Nc1ncnc2c(Cl)cc(C(F)(F)F)cc12)c1nccnc1-c1ccc(Br)cn1. The fourth-order valence-electron chi connectivity index (χ4n) is 3.06. The Kier molecular flexibility index (Phi) is 5.76. The van der Waals surface area contributed by atoms with Crippen molar-refractivity contribution < 1.29 is 13.2 Å². The summed E-state index contributed by atoms with van der Waals surface area (Å²) < 4.78 is 40.6. The van der Waals surface area contributed by atoms with Gasteiger partial charge in [-0.2, -0.15) is 13.2 Å².